The number of nitrogens with one attached hydrogen (secondary N) is 1. The molecule has 0 aromatic carbocycles. The monoisotopic (exact) mass is 249 g/mol. The van der Waals surface area contributed by atoms with Gasteiger partial charge in [0, 0.05) is 18.8 Å². The molecule has 1 heterocycles. The molecular formula is C15H27N3. The number of hydrogen-bond acceptors (Lipinski definition) is 2. The van der Waals surface area contributed by atoms with E-state index in [1.54, 1.807) is 0 Å². The standard InChI is InChI=1S/C15H27N3/c1-4-16-12-15(8-5-6-9-15)11-14-7-10-18(17-14)13(2)3/h7,10,13,16H,4-6,8-9,11-12H2,1-3H3. The van der Waals surface area contributed by atoms with Gasteiger partial charge in [-0.25, -0.2) is 0 Å². The molecule has 0 amide bonds. The first-order chi connectivity index (χ1) is 8.65. The molecule has 1 aromatic heterocycles. The lowest BCUT2D eigenvalue weighted by Gasteiger charge is -2.28. The molecule has 1 aliphatic rings. The molecule has 18 heavy (non-hydrogen) atoms. The summed E-state index contributed by atoms with van der Waals surface area (Å²) in [4.78, 5) is 0. The topological polar surface area (TPSA) is 29.9 Å². The highest BCUT2D eigenvalue weighted by Gasteiger charge is 2.34. The molecule has 2 rings (SSSR count). The van der Waals surface area contributed by atoms with Crippen LogP contribution in [0.4, 0.5) is 0 Å². The van der Waals surface area contributed by atoms with Gasteiger partial charge in [0.2, 0.25) is 0 Å². The summed E-state index contributed by atoms with van der Waals surface area (Å²) >= 11 is 0. The maximum atomic E-state index is 4.72. The van der Waals surface area contributed by atoms with Gasteiger partial charge in [-0.05, 0) is 51.1 Å². The number of hydrogen-bond donors (Lipinski definition) is 1. The Morgan fingerprint density at radius 1 is 1.39 bits per heavy atom. The van der Waals surface area contributed by atoms with Crippen LogP contribution in [0.2, 0.25) is 0 Å². The van der Waals surface area contributed by atoms with Crippen molar-refractivity contribution in [3.8, 4) is 0 Å². The second-order valence-corrected chi connectivity index (χ2v) is 6.05. The average Bonchev–Trinajstić information content (AvgIpc) is 2.97. The van der Waals surface area contributed by atoms with Crippen molar-refractivity contribution in [1.82, 2.24) is 15.1 Å². The van der Waals surface area contributed by atoms with E-state index < -0.39 is 0 Å². The summed E-state index contributed by atoms with van der Waals surface area (Å²) in [6.07, 6.45) is 8.74. The van der Waals surface area contributed by atoms with E-state index >= 15 is 0 Å². The highest BCUT2D eigenvalue weighted by atomic mass is 15.3. The molecule has 0 bridgehead atoms. The van der Waals surface area contributed by atoms with Crippen molar-refractivity contribution < 1.29 is 0 Å². The molecule has 0 aliphatic heterocycles. The molecule has 1 aliphatic carbocycles. The van der Waals surface area contributed by atoms with Crippen LogP contribution in [-0.2, 0) is 6.42 Å². The number of aromatic nitrogens is 2. The minimum Gasteiger partial charge on any atom is -0.316 e. The highest BCUT2D eigenvalue weighted by Crippen LogP contribution is 2.40. The van der Waals surface area contributed by atoms with Crippen molar-refractivity contribution in [3.63, 3.8) is 0 Å². The van der Waals surface area contributed by atoms with Gasteiger partial charge in [0.25, 0.3) is 0 Å². The smallest absolute Gasteiger partial charge is 0.0630 e. The van der Waals surface area contributed by atoms with Gasteiger partial charge >= 0.3 is 0 Å². The van der Waals surface area contributed by atoms with Crippen molar-refractivity contribution >= 4 is 0 Å². The highest BCUT2D eigenvalue weighted by molar-refractivity contribution is 5.05. The summed E-state index contributed by atoms with van der Waals surface area (Å²) in [6.45, 7) is 8.78. The maximum absolute atomic E-state index is 4.72. The summed E-state index contributed by atoms with van der Waals surface area (Å²) in [5.41, 5.74) is 1.73. The van der Waals surface area contributed by atoms with E-state index in [0.29, 0.717) is 11.5 Å². The zero-order valence-electron chi connectivity index (χ0n) is 12.1. The Morgan fingerprint density at radius 3 is 2.67 bits per heavy atom. The molecule has 1 fully saturated rings. The van der Waals surface area contributed by atoms with Crippen LogP contribution in [0, 0.1) is 5.41 Å². The van der Waals surface area contributed by atoms with Crippen LogP contribution in [0.3, 0.4) is 0 Å². The minimum atomic E-state index is 0.464. The van der Waals surface area contributed by atoms with Gasteiger partial charge < -0.3 is 5.32 Å². The third kappa shape index (κ3) is 3.14. The summed E-state index contributed by atoms with van der Waals surface area (Å²) in [5.74, 6) is 0. The maximum Gasteiger partial charge on any atom is 0.0630 e. The van der Waals surface area contributed by atoms with Gasteiger partial charge in [-0.1, -0.05) is 19.8 Å². The van der Waals surface area contributed by atoms with E-state index in [-0.39, 0.29) is 0 Å². The molecule has 102 valence electrons. The van der Waals surface area contributed by atoms with E-state index in [1.807, 2.05) is 0 Å². The van der Waals surface area contributed by atoms with E-state index in [0.717, 1.165) is 19.5 Å². The fourth-order valence-electron chi connectivity index (χ4n) is 3.07. The van der Waals surface area contributed by atoms with E-state index in [1.165, 1.54) is 31.4 Å². The zero-order chi connectivity index (χ0) is 13.0. The normalized spacial score (nSPS) is 18.7. The van der Waals surface area contributed by atoms with Gasteiger partial charge in [0.05, 0.1) is 5.69 Å². The van der Waals surface area contributed by atoms with Crippen LogP contribution in [0.15, 0.2) is 12.3 Å². The van der Waals surface area contributed by atoms with Crippen molar-refractivity contribution in [2.45, 2.75) is 58.9 Å². The predicted octanol–water partition coefficient (Wildman–Crippen LogP) is 3.18. The Morgan fingerprint density at radius 2 is 2.11 bits per heavy atom. The van der Waals surface area contributed by atoms with Crippen LogP contribution in [0.5, 0.6) is 0 Å². The first-order valence-electron chi connectivity index (χ1n) is 7.40. The Labute approximate surface area is 111 Å². The Kier molecular flexibility index (Phi) is 4.44. The summed E-state index contributed by atoms with van der Waals surface area (Å²) < 4.78 is 2.07. The fraction of sp³-hybridized carbons (Fsp3) is 0.800. The summed E-state index contributed by atoms with van der Waals surface area (Å²) in [7, 11) is 0. The molecule has 3 nitrogen and oxygen atoms in total. The predicted molar refractivity (Wildman–Crippen MR) is 75.8 cm³/mol. The van der Waals surface area contributed by atoms with Gasteiger partial charge in [-0.3, -0.25) is 4.68 Å². The van der Waals surface area contributed by atoms with Crippen LogP contribution in [-0.4, -0.2) is 22.9 Å². The lowest BCUT2D eigenvalue weighted by molar-refractivity contribution is 0.276. The Balaban J connectivity index is 2.03. The van der Waals surface area contributed by atoms with E-state index in [4.69, 9.17) is 5.10 Å². The number of rotatable bonds is 6. The van der Waals surface area contributed by atoms with Crippen molar-refractivity contribution in [2.24, 2.45) is 5.41 Å². The number of nitrogens with zero attached hydrogens (tertiary/aromatic N) is 2. The van der Waals surface area contributed by atoms with Gasteiger partial charge in [-0.2, -0.15) is 5.10 Å². The van der Waals surface area contributed by atoms with Crippen LogP contribution in [0.25, 0.3) is 0 Å². The first-order valence-corrected chi connectivity index (χ1v) is 7.40. The Hall–Kier alpha value is -0.830. The summed E-state index contributed by atoms with van der Waals surface area (Å²) in [6, 6.07) is 2.67. The zero-order valence-corrected chi connectivity index (χ0v) is 12.1. The van der Waals surface area contributed by atoms with E-state index in [2.05, 4.69) is 43.0 Å². The molecule has 0 radical (unpaired) electrons. The third-order valence-electron chi connectivity index (χ3n) is 4.16. The van der Waals surface area contributed by atoms with Crippen molar-refractivity contribution in [2.75, 3.05) is 13.1 Å². The molecule has 1 saturated carbocycles. The van der Waals surface area contributed by atoms with Crippen LogP contribution < -0.4 is 5.32 Å². The quantitative estimate of drug-likeness (QED) is 0.839. The molecule has 0 spiro atoms. The fourth-order valence-corrected chi connectivity index (χ4v) is 3.07. The second-order valence-electron chi connectivity index (χ2n) is 6.05. The van der Waals surface area contributed by atoms with Crippen molar-refractivity contribution in [3.05, 3.63) is 18.0 Å². The van der Waals surface area contributed by atoms with Crippen LogP contribution in [0.1, 0.15) is 58.2 Å². The van der Waals surface area contributed by atoms with Gasteiger partial charge in [-0.15, -0.1) is 0 Å². The van der Waals surface area contributed by atoms with Crippen LogP contribution >= 0.6 is 0 Å². The average molecular weight is 249 g/mol. The van der Waals surface area contributed by atoms with Gasteiger partial charge in [0.1, 0.15) is 0 Å². The van der Waals surface area contributed by atoms with E-state index in [9.17, 15) is 0 Å². The lowest BCUT2D eigenvalue weighted by atomic mass is 9.81. The molecular weight excluding hydrogens is 222 g/mol. The molecule has 3 heteroatoms. The molecule has 0 saturated heterocycles. The molecule has 0 atom stereocenters. The second kappa shape index (κ2) is 5.87. The van der Waals surface area contributed by atoms with Gasteiger partial charge in [0.15, 0.2) is 0 Å². The minimum absolute atomic E-state index is 0.464. The summed E-state index contributed by atoms with van der Waals surface area (Å²) in [5, 5.41) is 8.26. The molecule has 1 N–H and O–H groups in total. The molecule has 0 unspecified atom stereocenters. The first kappa shape index (κ1) is 13.6. The SMILES string of the molecule is CCNCC1(Cc2ccn(C(C)C)n2)CCCC1. The largest absolute Gasteiger partial charge is 0.316 e. The lowest BCUT2D eigenvalue weighted by Crippen LogP contribution is -2.34. The van der Waals surface area contributed by atoms with Crippen molar-refractivity contribution in [1.29, 1.82) is 0 Å². The third-order valence-corrected chi connectivity index (χ3v) is 4.16. The Bertz CT molecular complexity index is 362. The molecule has 1 aromatic rings.